The second kappa shape index (κ2) is 10.9. The van der Waals surface area contributed by atoms with Gasteiger partial charge in [-0.3, -0.25) is 0 Å². The highest BCUT2D eigenvalue weighted by molar-refractivity contribution is 6.12. The molecule has 4 nitrogen and oxygen atoms in total. The molecule has 0 bridgehead atoms. The molecule has 0 amide bonds. The highest BCUT2D eigenvalue weighted by Gasteiger charge is 2.17. The fourth-order valence-electron chi connectivity index (χ4n) is 5.04. The van der Waals surface area contributed by atoms with Crippen LogP contribution in [0.25, 0.3) is 55.3 Å². The van der Waals surface area contributed by atoms with Crippen molar-refractivity contribution in [3.05, 3.63) is 139 Å². The SMILES string of the molecule is Oc1cccc(O)c1-c1cccc(-c2ccccc2)c1F.Oc1cccc2oc3c(-c4ccccc4)cccc3c12. The summed E-state index contributed by atoms with van der Waals surface area (Å²) in [6.07, 6.45) is 0. The normalized spacial score (nSPS) is 10.9. The Kier molecular flexibility index (Phi) is 6.84. The minimum Gasteiger partial charge on any atom is -0.507 e. The second-order valence-corrected chi connectivity index (χ2v) is 9.51. The van der Waals surface area contributed by atoms with Gasteiger partial charge in [-0.25, -0.2) is 4.39 Å². The minimum absolute atomic E-state index is 0.104. The van der Waals surface area contributed by atoms with Gasteiger partial charge in [0.2, 0.25) is 0 Å². The molecule has 6 aromatic carbocycles. The Hall–Kier alpha value is -5.55. The molecular weight excluding hydrogens is 515 g/mol. The van der Waals surface area contributed by atoms with Crippen molar-refractivity contribution in [1.82, 2.24) is 0 Å². The molecule has 0 saturated carbocycles. The van der Waals surface area contributed by atoms with Crippen molar-refractivity contribution in [2.75, 3.05) is 0 Å². The van der Waals surface area contributed by atoms with E-state index in [1.807, 2.05) is 72.8 Å². The van der Waals surface area contributed by atoms with E-state index in [2.05, 4.69) is 12.1 Å². The van der Waals surface area contributed by atoms with E-state index in [1.54, 1.807) is 24.3 Å². The van der Waals surface area contributed by atoms with E-state index < -0.39 is 5.82 Å². The first-order valence-corrected chi connectivity index (χ1v) is 13.1. The third-order valence-corrected chi connectivity index (χ3v) is 6.96. The molecule has 0 aliphatic carbocycles. The quantitative estimate of drug-likeness (QED) is 0.209. The Bertz CT molecular complexity index is 1960. The number of hydrogen-bond acceptors (Lipinski definition) is 4. The van der Waals surface area contributed by atoms with E-state index in [4.69, 9.17) is 4.42 Å². The second-order valence-electron chi connectivity index (χ2n) is 9.51. The number of para-hydroxylation sites is 1. The molecular formula is C36H25FO4. The van der Waals surface area contributed by atoms with Crippen LogP contribution in [0.15, 0.2) is 138 Å². The van der Waals surface area contributed by atoms with Crippen molar-refractivity contribution in [2.24, 2.45) is 0 Å². The molecule has 200 valence electrons. The summed E-state index contributed by atoms with van der Waals surface area (Å²) in [6, 6.07) is 39.9. The first-order valence-electron chi connectivity index (χ1n) is 13.1. The number of fused-ring (bicyclic) bond motifs is 3. The topological polar surface area (TPSA) is 73.8 Å². The Labute approximate surface area is 235 Å². The van der Waals surface area contributed by atoms with Gasteiger partial charge in [0.15, 0.2) is 0 Å². The standard InChI is InChI=1S/C18H13FO2.C18H12O2/c19-18-13(12-6-2-1-3-7-12)8-4-9-14(18)17-15(20)10-5-11-16(17)21;19-15-10-5-11-16-17(15)14-9-4-8-13(18(14)20-16)12-6-2-1-3-7-12/h1-11,20-21H;1-11,19H. The van der Waals surface area contributed by atoms with Crippen LogP contribution in [0.2, 0.25) is 0 Å². The number of phenolic OH excluding ortho intramolecular Hbond substituents is 3. The highest BCUT2D eigenvalue weighted by atomic mass is 19.1. The summed E-state index contributed by atoms with van der Waals surface area (Å²) in [6.45, 7) is 0. The Morgan fingerprint density at radius 2 is 0.976 bits per heavy atom. The molecule has 0 fully saturated rings. The molecule has 0 unspecified atom stereocenters. The van der Waals surface area contributed by atoms with E-state index in [0.29, 0.717) is 11.1 Å². The number of halogens is 1. The molecule has 1 heterocycles. The van der Waals surface area contributed by atoms with Crippen LogP contribution < -0.4 is 0 Å². The van der Waals surface area contributed by atoms with E-state index in [0.717, 1.165) is 33.0 Å². The molecule has 0 aliphatic rings. The Balaban J connectivity index is 0.000000148. The van der Waals surface area contributed by atoms with Crippen LogP contribution >= 0.6 is 0 Å². The molecule has 3 N–H and O–H groups in total. The predicted molar refractivity (Wildman–Crippen MR) is 161 cm³/mol. The zero-order chi connectivity index (χ0) is 28.3. The molecule has 0 saturated heterocycles. The van der Waals surface area contributed by atoms with Gasteiger partial charge in [0.25, 0.3) is 0 Å². The zero-order valence-corrected chi connectivity index (χ0v) is 21.8. The number of aromatic hydroxyl groups is 3. The van der Waals surface area contributed by atoms with Crippen LogP contribution in [0, 0.1) is 5.82 Å². The molecule has 0 spiro atoms. The van der Waals surface area contributed by atoms with Crippen LogP contribution in [-0.2, 0) is 0 Å². The number of benzene rings is 6. The smallest absolute Gasteiger partial charge is 0.143 e. The van der Waals surface area contributed by atoms with Crippen molar-refractivity contribution in [3.8, 4) is 50.6 Å². The van der Waals surface area contributed by atoms with Gasteiger partial charge < -0.3 is 19.7 Å². The molecule has 0 atom stereocenters. The molecule has 0 radical (unpaired) electrons. The maximum absolute atomic E-state index is 14.8. The minimum atomic E-state index is -0.472. The van der Waals surface area contributed by atoms with Gasteiger partial charge in [-0.1, -0.05) is 109 Å². The summed E-state index contributed by atoms with van der Waals surface area (Å²) in [5.74, 6) is -0.523. The monoisotopic (exact) mass is 540 g/mol. The van der Waals surface area contributed by atoms with Gasteiger partial charge in [-0.15, -0.1) is 0 Å². The summed E-state index contributed by atoms with van der Waals surface area (Å²) in [4.78, 5) is 0. The third kappa shape index (κ3) is 4.85. The lowest BCUT2D eigenvalue weighted by Gasteiger charge is -2.11. The maximum Gasteiger partial charge on any atom is 0.143 e. The lowest BCUT2D eigenvalue weighted by atomic mass is 9.97. The van der Waals surface area contributed by atoms with Gasteiger partial charge in [-0.2, -0.15) is 0 Å². The Morgan fingerprint density at radius 1 is 0.463 bits per heavy atom. The largest absolute Gasteiger partial charge is 0.507 e. The molecule has 1 aromatic heterocycles. The van der Waals surface area contributed by atoms with Crippen molar-refractivity contribution in [2.45, 2.75) is 0 Å². The first kappa shape index (κ1) is 25.7. The predicted octanol–water partition coefficient (Wildman–Crippen LogP) is 9.53. The average Bonchev–Trinajstić information content (AvgIpc) is 3.39. The van der Waals surface area contributed by atoms with Crippen molar-refractivity contribution in [3.63, 3.8) is 0 Å². The van der Waals surface area contributed by atoms with Gasteiger partial charge in [0, 0.05) is 22.1 Å². The summed E-state index contributed by atoms with van der Waals surface area (Å²) in [7, 11) is 0. The van der Waals surface area contributed by atoms with Gasteiger partial charge in [0.05, 0.1) is 10.9 Å². The van der Waals surface area contributed by atoms with Crippen LogP contribution in [0.4, 0.5) is 4.39 Å². The van der Waals surface area contributed by atoms with Gasteiger partial charge >= 0.3 is 0 Å². The van der Waals surface area contributed by atoms with Gasteiger partial charge in [-0.05, 0) is 35.4 Å². The fourth-order valence-corrected chi connectivity index (χ4v) is 5.04. The van der Waals surface area contributed by atoms with E-state index in [1.165, 1.54) is 24.3 Å². The van der Waals surface area contributed by atoms with Crippen molar-refractivity contribution >= 4 is 21.9 Å². The number of rotatable bonds is 3. The van der Waals surface area contributed by atoms with E-state index in [9.17, 15) is 19.7 Å². The maximum atomic E-state index is 14.8. The zero-order valence-electron chi connectivity index (χ0n) is 21.8. The van der Waals surface area contributed by atoms with Gasteiger partial charge in [0.1, 0.15) is 34.2 Å². The number of furan rings is 1. The van der Waals surface area contributed by atoms with Crippen LogP contribution in [0.3, 0.4) is 0 Å². The number of phenols is 3. The summed E-state index contributed by atoms with van der Waals surface area (Å²) in [5, 5.41) is 31.6. The van der Waals surface area contributed by atoms with E-state index >= 15 is 0 Å². The first-order chi connectivity index (χ1) is 20.0. The average molecular weight is 541 g/mol. The molecule has 0 aliphatic heterocycles. The van der Waals surface area contributed by atoms with Crippen molar-refractivity contribution < 1.29 is 24.1 Å². The van der Waals surface area contributed by atoms with Crippen LogP contribution in [-0.4, -0.2) is 15.3 Å². The Morgan fingerprint density at radius 3 is 1.66 bits per heavy atom. The molecule has 5 heteroatoms. The summed E-state index contributed by atoms with van der Waals surface area (Å²) in [5.41, 5.74) is 5.12. The highest BCUT2D eigenvalue weighted by Crippen LogP contribution is 2.41. The fraction of sp³-hybridized carbons (Fsp3) is 0. The summed E-state index contributed by atoms with van der Waals surface area (Å²) >= 11 is 0. The number of hydrogen-bond donors (Lipinski definition) is 3. The molecule has 41 heavy (non-hydrogen) atoms. The van der Waals surface area contributed by atoms with Crippen LogP contribution in [0.1, 0.15) is 0 Å². The molecule has 7 aromatic rings. The lowest BCUT2D eigenvalue weighted by molar-refractivity contribution is 0.453. The third-order valence-electron chi connectivity index (χ3n) is 6.96. The van der Waals surface area contributed by atoms with Crippen molar-refractivity contribution in [1.29, 1.82) is 0 Å². The molecule has 7 rings (SSSR count). The van der Waals surface area contributed by atoms with Crippen LogP contribution in [0.5, 0.6) is 17.2 Å². The van der Waals surface area contributed by atoms with E-state index in [-0.39, 0.29) is 28.4 Å². The summed E-state index contributed by atoms with van der Waals surface area (Å²) < 4.78 is 20.7. The lowest BCUT2D eigenvalue weighted by Crippen LogP contribution is -1.90.